The number of aryl methyl sites for hydroxylation is 6. The molecule has 8 heteroatoms. The highest BCUT2D eigenvalue weighted by atomic mass is 15.7. The molecule has 8 nitrogen and oxygen atoms in total. The van der Waals surface area contributed by atoms with Crippen LogP contribution >= 0.6 is 0 Å². The lowest BCUT2D eigenvalue weighted by atomic mass is 9.94. The standard InChI is InChI=1S/C45H40N8/c1-17-13-29-33(25(9)21(17)5)41-47-38-31-15-19(3)23(7)27(11)35(31)43-49-40-32-16-20(4)24(8)28(12)36(32)44-48-39-30-14-18(2)22(6)26(10)34(30)42-46-37(29)50(41)45(51(39)42,52(38)43)53(40)44/h13-16H,1-12H3/q+2. The lowest BCUT2D eigenvalue weighted by Crippen LogP contribution is -2.71. The molecule has 1 atom stereocenters. The van der Waals surface area contributed by atoms with Gasteiger partial charge in [-0.05, 0) is 174 Å². The molecule has 2 aromatic heterocycles. The molecule has 12 rings (SSSR count). The van der Waals surface area contributed by atoms with E-state index in [1.807, 2.05) is 0 Å². The Hall–Kier alpha value is -5.76. The molecule has 0 bridgehead atoms. The van der Waals surface area contributed by atoms with Crippen LogP contribution in [0.1, 0.15) is 89.0 Å². The van der Waals surface area contributed by atoms with Crippen LogP contribution < -0.4 is 11.0 Å². The first-order valence-corrected chi connectivity index (χ1v) is 18.8. The number of hydrogen-bond acceptors (Lipinski definition) is 4. The molecule has 0 fully saturated rings. The van der Waals surface area contributed by atoms with E-state index in [0.29, 0.717) is 0 Å². The minimum absolute atomic E-state index is 0.932. The Labute approximate surface area is 307 Å². The molecule has 1 unspecified atom stereocenters. The van der Waals surface area contributed by atoms with Gasteiger partial charge in [0, 0.05) is 10.8 Å². The summed E-state index contributed by atoms with van der Waals surface area (Å²) in [6.07, 6.45) is 0. The molecule has 8 heterocycles. The topological polar surface area (TPSA) is 65.3 Å². The van der Waals surface area contributed by atoms with Gasteiger partial charge in [0.05, 0.1) is 33.0 Å². The van der Waals surface area contributed by atoms with Crippen LogP contribution in [-0.4, -0.2) is 41.6 Å². The second-order valence-corrected chi connectivity index (χ2v) is 16.4. The first kappa shape index (κ1) is 29.8. The van der Waals surface area contributed by atoms with E-state index >= 15 is 0 Å². The molecular formula is C45H40N8+2. The first-order valence-electron chi connectivity index (χ1n) is 18.8. The van der Waals surface area contributed by atoms with E-state index in [1.54, 1.807) is 0 Å². The van der Waals surface area contributed by atoms with Gasteiger partial charge in [0.25, 0.3) is 23.3 Å². The molecule has 53 heavy (non-hydrogen) atoms. The van der Waals surface area contributed by atoms with E-state index in [1.165, 1.54) is 66.8 Å². The van der Waals surface area contributed by atoms with E-state index in [4.69, 9.17) is 20.0 Å². The summed E-state index contributed by atoms with van der Waals surface area (Å²) in [4.78, 5) is 23.0. The van der Waals surface area contributed by atoms with Gasteiger partial charge < -0.3 is 0 Å². The summed E-state index contributed by atoms with van der Waals surface area (Å²) in [6.45, 7) is 26.9. The van der Waals surface area contributed by atoms with E-state index in [-0.39, 0.29) is 0 Å². The van der Waals surface area contributed by atoms with Gasteiger partial charge in [-0.25, -0.2) is 0 Å². The van der Waals surface area contributed by atoms with Crippen molar-refractivity contribution < 1.29 is 9.15 Å². The maximum Gasteiger partial charge on any atom is 0.404 e. The minimum Gasteiger partial charge on any atom is -0.192 e. The van der Waals surface area contributed by atoms with Crippen LogP contribution in [0.25, 0.3) is 21.5 Å². The monoisotopic (exact) mass is 692 g/mol. The molecule has 0 radical (unpaired) electrons. The summed E-state index contributed by atoms with van der Waals surface area (Å²) in [5.41, 5.74) is 21.7. The van der Waals surface area contributed by atoms with Crippen molar-refractivity contribution in [2.45, 2.75) is 89.0 Å². The quantitative estimate of drug-likeness (QED) is 0.149. The Morgan fingerprint density at radius 3 is 1.66 bits per heavy atom. The van der Waals surface area contributed by atoms with Crippen LogP contribution in [0.5, 0.6) is 0 Å². The van der Waals surface area contributed by atoms with Crippen molar-refractivity contribution in [1.29, 1.82) is 0 Å². The molecular weight excluding hydrogens is 653 g/mol. The Kier molecular flexibility index (Phi) is 4.89. The zero-order chi connectivity index (χ0) is 36.6. The fourth-order valence-corrected chi connectivity index (χ4v) is 10.5. The molecule has 0 N–H and O–H groups in total. The maximum atomic E-state index is 5.75. The van der Waals surface area contributed by atoms with E-state index in [0.717, 1.165) is 89.8 Å². The fraction of sp³-hybridized carbons (Fsp3) is 0.289. The molecule has 0 amide bonds. The summed E-state index contributed by atoms with van der Waals surface area (Å²) < 4.78 is 9.79. The van der Waals surface area contributed by atoms with Gasteiger partial charge in [-0.3, -0.25) is 0 Å². The number of fused-ring (bicyclic) bond motifs is 12. The fourth-order valence-electron chi connectivity index (χ4n) is 10.5. The van der Waals surface area contributed by atoms with Crippen LogP contribution in [0.4, 0.5) is 11.6 Å². The molecule has 0 saturated heterocycles. The van der Waals surface area contributed by atoms with Crippen molar-refractivity contribution in [3.63, 3.8) is 0 Å². The summed E-state index contributed by atoms with van der Waals surface area (Å²) >= 11 is 0. The Morgan fingerprint density at radius 1 is 0.434 bits per heavy atom. The van der Waals surface area contributed by atoms with Crippen molar-refractivity contribution in [2.24, 2.45) is 20.0 Å². The molecule has 6 aliphatic rings. The summed E-state index contributed by atoms with van der Waals surface area (Å²) in [6, 6.07) is 9.37. The second kappa shape index (κ2) is 8.71. The highest BCUT2D eigenvalue weighted by Gasteiger charge is 2.70. The Morgan fingerprint density at radius 2 is 0.962 bits per heavy atom. The van der Waals surface area contributed by atoms with Gasteiger partial charge in [-0.2, -0.15) is 9.13 Å². The number of aromatic nitrogens is 2. The van der Waals surface area contributed by atoms with Crippen molar-refractivity contribution in [1.82, 2.24) is 9.13 Å². The van der Waals surface area contributed by atoms with Gasteiger partial charge >= 0.3 is 5.91 Å². The Bertz CT molecular complexity index is 3280. The van der Waals surface area contributed by atoms with E-state index in [9.17, 15) is 0 Å². The highest BCUT2D eigenvalue weighted by molar-refractivity contribution is 6.21. The van der Waals surface area contributed by atoms with Crippen LogP contribution in [-0.2, 0) is 5.91 Å². The van der Waals surface area contributed by atoms with Crippen molar-refractivity contribution in [3.8, 4) is 0 Å². The smallest absolute Gasteiger partial charge is 0.192 e. The molecule has 0 saturated carbocycles. The van der Waals surface area contributed by atoms with Crippen LogP contribution in [0.3, 0.4) is 0 Å². The van der Waals surface area contributed by atoms with E-state index < -0.39 is 5.91 Å². The second-order valence-electron chi connectivity index (χ2n) is 16.4. The van der Waals surface area contributed by atoms with Gasteiger partial charge in [-0.1, -0.05) is 20.0 Å². The zero-order valence-electron chi connectivity index (χ0n) is 32.4. The van der Waals surface area contributed by atoms with Crippen molar-refractivity contribution >= 4 is 56.5 Å². The van der Waals surface area contributed by atoms with Gasteiger partial charge in [0.2, 0.25) is 22.6 Å². The number of hydrogen-bond donors (Lipinski definition) is 0. The summed E-state index contributed by atoms with van der Waals surface area (Å²) in [5.74, 6) is 4.61. The zero-order valence-corrected chi connectivity index (χ0v) is 32.4. The third-order valence-corrected chi connectivity index (χ3v) is 14.2. The molecule has 258 valence electrons. The molecule has 4 aromatic carbocycles. The average molecular weight is 693 g/mol. The minimum atomic E-state index is -1.00. The summed E-state index contributed by atoms with van der Waals surface area (Å²) in [7, 11) is 0. The number of aliphatic imine (C=N–C) groups is 2. The van der Waals surface area contributed by atoms with Gasteiger partial charge in [-0.15, -0.1) is 9.15 Å². The predicted molar refractivity (Wildman–Crippen MR) is 210 cm³/mol. The number of amidine groups is 4. The average Bonchev–Trinajstić information content (AvgIpc) is 3.82. The third-order valence-electron chi connectivity index (χ3n) is 14.2. The largest absolute Gasteiger partial charge is 0.404 e. The van der Waals surface area contributed by atoms with Crippen LogP contribution in [0.15, 0.2) is 44.2 Å². The summed E-state index contributed by atoms with van der Waals surface area (Å²) in [5, 5.41) is 4.60. The number of benzene rings is 4. The normalized spacial score (nSPS) is 19.0. The van der Waals surface area contributed by atoms with Gasteiger partial charge in [0.1, 0.15) is 0 Å². The SMILES string of the molecule is Cc1cc2c(c(C)c1C)C1=Nc3c4cc(C)c(C)c(C)c4c4n3C35n6c(c7cc(C)c(C)c(C)c7c6=NC2=[N+]13)=NC1=[N+]5C(=N4)c2cc(C)c(C)c(C)c21. The maximum absolute atomic E-state index is 5.75. The molecule has 1 spiro atoms. The van der Waals surface area contributed by atoms with Crippen LogP contribution in [0, 0.1) is 83.1 Å². The van der Waals surface area contributed by atoms with E-state index in [2.05, 4.69) is 126 Å². The molecule has 6 aliphatic heterocycles. The lowest BCUT2D eigenvalue weighted by Gasteiger charge is -2.40. The number of nitrogens with zero attached hydrogens (tertiary/aromatic N) is 8. The van der Waals surface area contributed by atoms with Crippen LogP contribution in [0.2, 0.25) is 0 Å². The molecule has 6 aromatic rings. The third kappa shape index (κ3) is 2.85. The van der Waals surface area contributed by atoms with Gasteiger partial charge in [0.15, 0.2) is 0 Å². The van der Waals surface area contributed by atoms with Crippen molar-refractivity contribution in [3.05, 3.63) is 124 Å². The highest BCUT2D eigenvalue weighted by Crippen LogP contribution is 2.54. The predicted octanol–water partition coefficient (Wildman–Crippen LogP) is 7.41. The Balaban J connectivity index is 1.44. The number of rotatable bonds is 0. The van der Waals surface area contributed by atoms with Crippen molar-refractivity contribution in [2.75, 3.05) is 0 Å². The lowest BCUT2D eigenvalue weighted by molar-refractivity contribution is -0.790. The first-order chi connectivity index (χ1) is 25.3. The molecule has 0 aliphatic carbocycles.